The first kappa shape index (κ1) is 11.4. The average Bonchev–Trinajstić information content (AvgIpc) is 2.23. The standard InChI is InChI=1S/C10H4BrFN2O/c11-9-7(2-1-3-8(9)12)10(15)6(4-13)5-14/h1-3,6H. The molecule has 1 aromatic carbocycles. The van der Waals surface area contributed by atoms with E-state index in [1.165, 1.54) is 18.2 Å². The van der Waals surface area contributed by atoms with Gasteiger partial charge in [-0.05, 0) is 28.1 Å². The van der Waals surface area contributed by atoms with Crippen molar-refractivity contribution in [2.24, 2.45) is 5.92 Å². The Hall–Kier alpha value is -1.72. The highest BCUT2D eigenvalue weighted by molar-refractivity contribution is 9.10. The molecule has 0 atom stereocenters. The molecule has 0 radical (unpaired) electrons. The van der Waals surface area contributed by atoms with E-state index in [4.69, 9.17) is 10.5 Å². The molecule has 74 valence electrons. The maximum atomic E-state index is 13.0. The molecule has 0 spiro atoms. The third-order valence-electron chi connectivity index (χ3n) is 1.74. The maximum Gasteiger partial charge on any atom is 0.195 e. The minimum Gasteiger partial charge on any atom is -0.291 e. The second-order valence-corrected chi connectivity index (χ2v) is 3.45. The number of hydrogen-bond donors (Lipinski definition) is 0. The van der Waals surface area contributed by atoms with Gasteiger partial charge in [-0.2, -0.15) is 10.5 Å². The number of ketones is 1. The van der Waals surface area contributed by atoms with Gasteiger partial charge in [0.15, 0.2) is 11.7 Å². The van der Waals surface area contributed by atoms with Crippen LogP contribution in [0.1, 0.15) is 10.4 Å². The number of rotatable bonds is 2. The van der Waals surface area contributed by atoms with Gasteiger partial charge in [0.05, 0.1) is 16.6 Å². The van der Waals surface area contributed by atoms with Crippen molar-refractivity contribution in [3.63, 3.8) is 0 Å². The van der Waals surface area contributed by atoms with Crippen molar-refractivity contribution in [1.29, 1.82) is 10.5 Å². The van der Waals surface area contributed by atoms with Gasteiger partial charge < -0.3 is 0 Å². The minimum atomic E-state index is -1.40. The third kappa shape index (κ3) is 2.20. The van der Waals surface area contributed by atoms with Crippen LogP contribution in [0.5, 0.6) is 0 Å². The number of halogens is 2. The molecule has 0 aliphatic rings. The van der Waals surface area contributed by atoms with Gasteiger partial charge in [-0.25, -0.2) is 4.39 Å². The summed E-state index contributed by atoms with van der Waals surface area (Å²) in [5, 5.41) is 17.0. The molecule has 5 heteroatoms. The molecule has 1 rings (SSSR count). The van der Waals surface area contributed by atoms with Crippen LogP contribution in [-0.4, -0.2) is 5.78 Å². The van der Waals surface area contributed by atoms with Crippen LogP contribution in [0.4, 0.5) is 4.39 Å². The molecule has 1 aromatic rings. The zero-order valence-electron chi connectivity index (χ0n) is 7.37. The lowest BCUT2D eigenvalue weighted by Gasteiger charge is -2.03. The molecule has 0 aliphatic carbocycles. The van der Waals surface area contributed by atoms with Gasteiger partial charge in [-0.3, -0.25) is 4.79 Å². The van der Waals surface area contributed by atoms with Crippen LogP contribution >= 0.6 is 15.9 Å². The largest absolute Gasteiger partial charge is 0.291 e. The van der Waals surface area contributed by atoms with E-state index in [1.54, 1.807) is 12.1 Å². The fraction of sp³-hybridized carbons (Fsp3) is 0.100. The molecule has 0 unspecified atom stereocenters. The number of nitriles is 2. The number of Topliss-reactive ketones (excluding diaryl/α,β-unsaturated/α-hetero) is 1. The Morgan fingerprint density at radius 3 is 2.53 bits per heavy atom. The molecule has 0 saturated carbocycles. The molecule has 0 fully saturated rings. The van der Waals surface area contributed by atoms with Gasteiger partial charge in [0, 0.05) is 5.56 Å². The summed E-state index contributed by atoms with van der Waals surface area (Å²) >= 11 is 2.89. The lowest BCUT2D eigenvalue weighted by atomic mass is 10.0. The first-order valence-corrected chi connectivity index (χ1v) is 4.68. The van der Waals surface area contributed by atoms with Gasteiger partial charge >= 0.3 is 0 Å². The zero-order valence-corrected chi connectivity index (χ0v) is 8.95. The van der Waals surface area contributed by atoms with Crippen LogP contribution < -0.4 is 0 Å². The van der Waals surface area contributed by atoms with Crippen molar-refractivity contribution in [3.05, 3.63) is 34.1 Å². The van der Waals surface area contributed by atoms with E-state index < -0.39 is 17.5 Å². The van der Waals surface area contributed by atoms with Crippen LogP contribution in [0, 0.1) is 34.4 Å². The molecule has 0 N–H and O–H groups in total. The van der Waals surface area contributed by atoms with Crippen LogP contribution in [0.15, 0.2) is 22.7 Å². The SMILES string of the molecule is N#CC(C#N)C(=O)c1cccc(F)c1Br. The van der Waals surface area contributed by atoms with E-state index in [0.717, 1.165) is 0 Å². The number of carbonyl (C=O) groups excluding carboxylic acids is 1. The average molecular weight is 267 g/mol. The van der Waals surface area contributed by atoms with E-state index >= 15 is 0 Å². The normalized spacial score (nSPS) is 9.40. The first-order valence-electron chi connectivity index (χ1n) is 3.89. The van der Waals surface area contributed by atoms with Gasteiger partial charge in [-0.1, -0.05) is 6.07 Å². The van der Waals surface area contributed by atoms with Crippen molar-refractivity contribution in [1.82, 2.24) is 0 Å². The molecule has 0 saturated heterocycles. The molecule has 0 heterocycles. The highest BCUT2D eigenvalue weighted by atomic mass is 79.9. The van der Waals surface area contributed by atoms with E-state index in [0.29, 0.717) is 0 Å². The van der Waals surface area contributed by atoms with Crippen molar-refractivity contribution in [3.8, 4) is 12.1 Å². The summed E-state index contributed by atoms with van der Waals surface area (Å²) in [7, 11) is 0. The van der Waals surface area contributed by atoms with Crippen LogP contribution in [0.2, 0.25) is 0 Å². The summed E-state index contributed by atoms with van der Waals surface area (Å²) in [6.45, 7) is 0. The van der Waals surface area contributed by atoms with E-state index in [-0.39, 0.29) is 10.0 Å². The lowest BCUT2D eigenvalue weighted by molar-refractivity contribution is 0.0969. The Labute approximate surface area is 93.9 Å². The molecule has 0 bridgehead atoms. The smallest absolute Gasteiger partial charge is 0.195 e. The van der Waals surface area contributed by atoms with Gasteiger partial charge in [0.1, 0.15) is 5.82 Å². The van der Waals surface area contributed by atoms with Crippen LogP contribution in [-0.2, 0) is 0 Å². The third-order valence-corrected chi connectivity index (χ3v) is 2.54. The highest BCUT2D eigenvalue weighted by Crippen LogP contribution is 2.22. The molecule has 0 aliphatic heterocycles. The molecule has 0 amide bonds. The predicted octanol–water partition coefficient (Wildman–Crippen LogP) is 2.43. The second-order valence-electron chi connectivity index (χ2n) is 2.66. The number of benzene rings is 1. The van der Waals surface area contributed by atoms with Crippen molar-refractivity contribution in [2.45, 2.75) is 0 Å². The van der Waals surface area contributed by atoms with E-state index in [2.05, 4.69) is 15.9 Å². The van der Waals surface area contributed by atoms with Crippen molar-refractivity contribution in [2.75, 3.05) is 0 Å². The fourth-order valence-corrected chi connectivity index (χ4v) is 1.46. The summed E-state index contributed by atoms with van der Waals surface area (Å²) in [5.41, 5.74) is 0.00287. The Morgan fingerprint density at radius 1 is 1.40 bits per heavy atom. The fourth-order valence-electron chi connectivity index (χ4n) is 0.996. The lowest BCUT2D eigenvalue weighted by Crippen LogP contribution is -2.11. The Balaban J connectivity index is 3.20. The Morgan fingerprint density at radius 2 is 2.00 bits per heavy atom. The quantitative estimate of drug-likeness (QED) is 0.773. The van der Waals surface area contributed by atoms with Crippen molar-refractivity contribution < 1.29 is 9.18 Å². The van der Waals surface area contributed by atoms with Crippen LogP contribution in [0.3, 0.4) is 0 Å². The minimum absolute atomic E-state index is 0.00287. The molecular weight excluding hydrogens is 263 g/mol. The molecule has 15 heavy (non-hydrogen) atoms. The van der Waals surface area contributed by atoms with Gasteiger partial charge in [-0.15, -0.1) is 0 Å². The number of carbonyl (C=O) groups is 1. The van der Waals surface area contributed by atoms with Gasteiger partial charge in [0.25, 0.3) is 0 Å². The monoisotopic (exact) mass is 266 g/mol. The zero-order chi connectivity index (χ0) is 11.4. The maximum absolute atomic E-state index is 13.0. The molecule has 0 aromatic heterocycles. The molecular formula is C10H4BrFN2O. The summed E-state index contributed by atoms with van der Waals surface area (Å²) < 4.78 is 13.0. The first-order chi connectivity index (χ1) is 7.11. The topological polar surface area (TPSA) is 64.7 Å². The number of nitrogens with zero attached hydrogens (tertiary/aromatic N) is 2. The summed E-state index contributed by atoms with van der Waals surface area (Å²) in [6.07, 6.45) is 0. The van der Waals surface area contributed by atoms with Gasteiger partial charge in [0.2, 0.25) is 0 Å². The Kier molecular flexibility index (Phi) is 3.54. The Bertz CT molecular complexity index is 473. The van der Waals surface area contributed by atoms with Crippen LogP contribution in [0.25, 0.3) is 0 Å². The summed E-state index contributed by atoms with van der Waals surface area (Å²) in [4.78, 5) is 11.5. The predicted molar refractivity (Wildman–Crippen MR) is 53.1 cm³/mol. The molecule has 3 nitrogen and oxygen atoms in total. The highest BCUT2D eigenvalue weighted by Gasteiger charge is 2.22. The summed E-state index contributed by atoms with van der Waals surface area (Å²) in [5.74, 6) is -2.70. The summed E-state index contributed by atoms with van der Waals surface area (Å²) in [6, 6.07) is 6.97. The second kappa shape index (κ2) is 4.68. The van der Waals surface area contributed by atoms with E-state index in [9.17, 15) is 9.18 Å². The van der Waals surface area contributed by atoms with Crippen molar-refractivity contribution >= 4 is 21.7 Å². The number of hydrogen-bond acceptors (Lipinski definition) is 3. The van der Waals surface area contributed by atoms with E-state index in [1.807, 2.05) is 0 Å².